The normalized spacial score (nSPS) is 30.7. The lowest BCUT2D eigenvalue weighted by atomic mass is 9.84. The number of aromatic hydroxyl groups is 3. The van der Waals surface area contributed by atoms with E-state index in [1.165, 1.54) is 33.0 Å². The minimum absolute atomic E-state index is 0.0703. The number of primary amides is 1. The Hall–Kier alpha value is -9.24. The summed E-state index contributed by atoms with van der Waals surface area (Å²) >= 11 is 14.3. The number of aliphatic hydroxyl groups excluding tert-OH is 14. The fourth-order valence-electron chi connectivity index (χ4n) is 16.0. The maximum atomic E-state index is 16.5. The highest BCUT2D eigenvalue weighted by Crippen LogP contribution is 2.51. The third-order valence-electron chi connectivity index (χ3n) is 23.0. The molecule has 0 aliphatic carbocycles. The summed E-state index contributed by atoms with van der Waals surface area (Å²) in [4.78, 5) is 121. The van der Waals surface area contributed by atoms with E-state index in [4.69, 9.17) is 72.6 Å². The van der Waals surface area contributed by atoms with Crippen LogP contribution in [0.5, 0.6) is 46.0 Å². The van der Waals surface area contributed by atoms with Gasteiger partial charge in [-0.1, -0.05) is 55.2 Å². The summed E-state index contributed by atoms with van der Waals surface area (Å²) in [6, 6.07) is 4.35. The van der Waals surface area contributed by atoms with Gasteiger partial charge in [0, 0.05) is 61.5 Å². The van der Waals surface area contributed by atoms with Crippen LogP contribution < -0.4 is 62.9 Å². The van der Waals surface area contributed by atoms with E-state index in [1.807, 2.05) is 13.8 Å². The fraction of sp³-hybridized carbons (Fsp3) is 0.542. The van der Waals surface area contributed by atoms with Gasteiger partial charge in [0.1, 0.15) is 126 Å². The zero-order chi connectivity index (χ0) is 92.8. The van der Waals surface area contributed by atoms with Crippen LogP contribution in [-0.4, -0.2) is 308 Å². The number of likely N-dealkylation sites (N-methyl/N-ethyl adjacent to an activating group) is 1. The number of phenols is 3. The Morgan fingerprint density at radius 2 is 1.29 bits per heavy atom. The number of Topliss-reactive ketones (excluding diaryl/α,β-unsaturated/α-hetero) is 2. The topological polar surface area (TPSA) is 691 Å². The fourth-order valence-corrected chi connectivity index (χ4v) is 16.4. The van der Waals surface area contributed by atoms with E-state index in [2.05, 4.69) is 37.2 Å². The van der Waals surface area contributed by atoms with Crippen molar-refractivity contribution in [1.29, 1.82) is 0 Å². The molecule has 27 atom stereocenters. The molecule has 13 rings (SSSR count). The number of rotatable bonds is 26. The van der Waals surface area contributed by atoms with Crippen LogP contribution in [0.25, 0.3) is 11.1 Å². The van der Waals surface area contributed by atoms with E-state index in [0.717, 1.165) is 66.7 Å². The highest BCUT2D eigenvalue weighted by atomic mass is 35.5. The molecule has 8 heterocycles. The first-order chi connectivity index (χ1) is 60.1. The largest absolute Gasteiger partial charge is 0.508 e. The number of benzene rings is 5. The smallest absolute Gasteiger partial charge is 0.247 e. The molecule has 42 nitrogen and oxygen atoms in total. The number of phenolic OH excluding ortho intramolecular Hbond substituents is 3. The first kappa shape index (κ1) is 98.4. The zero-order valence-electron chi connectivity index (χ0n) is 69.1. The molecule has 696 valence electrons. The van der Waals surface area contributed by atoms with Crippen molar-refractivity contribution in [2.24, 2.45) is 23.3 Å². The van der Waals surface area contributed by atoms with Crippen molar-refractivity contribution >= 4 is 70.2 Å². The summed E-state index contributed by atoms with van der Waals surface area (Å²) in [5.41, 5.74) is 8.39. The molecule has 0 spiro atoms. The second-order valence-corrected chi connectivity index (χ2v) is 33.7. The molecule has 13 unspecified atom stereocenters. The molecule has 3 saturated heterocycles. The maximum absolute atomic E-state index is 16.5. The van der Waals surface area contributed by atoms with Gasteiger partial charge in [0.25, 0.3) is 0 Å². The molecule has 5 aromatic rings. The number of ketones is 2. The van der Waals surface area contributed by atoms with Crippen molar-refractivity contribution < 1.29 is 163 Å². The van der Waals surface area contributed by atoms with Crippen LogP contribution in [0.1, 0.15) is 124 Å². The number of halogens is 2. The lowest BCUT2D eigenvalue weighted by molar-refractivity contribution is -0.333. The van der Waals surface area contributed by atoms with Crippen molar-refractivity contribution in [3.8, 4) is 57.1 Å². The van der Waals surface area contributed by atoms with E-state index >= 15 is 28.8 Å². The van der Waals surface area contributed by atoms with Gasteiger partial charge >= 0.3 is 0 Å². The number of nitrogens with two attached hydrogens (primary N) is 2. The first-order valence-corrected chi connectivity index (χ1v) is 41.6. The van der Waals surface area contributed by atoms with Crippen molar-refractivity contribution in [3.63, 3.8) is 0 Å². The SMILES string of the molecule is CN[C@H](CC(C)C)C(=O)N[C@H]1C(=O)C[C@@H](CC(N)=O)C(=O)N[C@H]2C(=O)C[C@H]3C(=O)N[C@H](C(=O)N[C@H](C(=O)NCCCNCC(O)C(O)C(OC4OC(CO)C(O)C(O)C4O)C(O)CO)c4cc(O)cc(O)c4-c4cc3ccc4O)[C@H](O)c3ccc(c(Cl)c3)Oc3cc2cc(c3O[C@H]2OC(CO)[C@H](O)C(O)C2O[C@H]2C[C@@](C)(N)[C@H](O)C(C)O2)Oc2ccc(cc2Cl)[C@H]1O. The standard InChI is InChI=1S/C83H107Cl2N9O33/c1-31(2)15-44(88-5)78(117)93-62-47(101)19-37(22-57(86)105)76(115)91-60-36-20-53(121-51-11-8-34(64(62)106)17-42(51)84)73(127-82-74(70(112)68(110)56(30-97)124-82)125-58-26-83(4,87)75(114)32(3)120-58)54(21-36)122-52-12-9-35(18-43(52)85)65(107)63-80(119)92-61(41-23-38(98)24-46(100)59(41)40-16-33(7-10-45(40)99)39(25-48(60)102)77(116)94-63)79(118)90-14-6-13-89-27-49(103)66(108)72(50(104)28-95)126-81-71(113)69(111)67(109)55(29-96)123-81/h7-12,16-18,20-21,23-24,31-32,37,39,44,49-50,55-56,58,60-72,74-75,81-82,88-89,95-100,103-104,106-114H,6,13-15,19,22,25-30,87H2,1-5H3,(H2,86,105)(H,90,118)(H,91,115)(H,92,119)(H,93,117)(H,94,116)/t32?,37-,39+,44+,49?,50?,55?,56?,58-,60+,61-,62-,63-,64+,65+,66?,67?,68-,69?,70?,71?,72?,74?,75+,81?,82+,83+/m0/s1. The maximum Gasteiger partial charge on any atom is 0.247 e. The van der Waals surface area contributed by atoms with E-state index in [0.29, 0.717) is 0 Å². The van der Waals surface area contributed by atoms with Crippen molar-refractivity contribution in [2.75, 3.05) is 46.5 Å². The van der Waals surface area contributed by atoms with E-state index in [1.54, 1.807) is 0 Å². The molecule has 5 aromatic carbocycles. The quantitative estimate of drug-likeness (QED) is 0.0237. The second kappa shape index (κ2) is 42.1. The van der Waals surface area contributed by atoms with E-state index in [-0.39, 0.29) is 65.7 Å². The molecular weight excluding hydrogens is 1720 g/mol. The molecule has 3 fully saturated rings. The molecule has 44 heteroatoms. The third-order valence-corrected chi connectivity index (χ3v) is 23.6. The van der Waals surface area contributed by atoms with E-state index in [9.17, 15) is 96.4 Å². The number of ether oxygens (including phenoxy) is 8. The zero-order valence-corrected chi connectivity index (χ0v) is 70.6. The molecule has 0 aromatic heterocycles. The van der Waals surface area contributed by atoms with Gasteiger partial charge in [-0.2, -0.15) is 0 Å². The Kier molecular flexibility index (Phi) is 32.6. The van der Waals surface area contributed by atoms with E-state index < -0.39 is 324 Å². The number of nitrogens with one attached hydrogen (secondary N) is 7. The van der Waals surface area contributed by atoms with Crippen LogP contribution in [0.3, 0.4) is 0 Å². The molecule has 127 heavy (non-hydrogen) atoms. The Balaban J connectivity index is 1.03. The molecule has 0 radical (unpaired) electrons. The van der Waals surface area contributed by atoms with Crippen LogP contribution in [0, 0.1) is 11.8 Å². The summed E-state index contributed by atoms with van der Waals surface area (Å²) in [5, 5.41) is 207. The van der Waals surface area contributed by atoms with Crippen molar-refractivity contribution in [1.82, 2.24) is 37.2 Å². The number of carbonyl (C=O) groups is 8. The highest BCUT2D eigenvalue weighted by molar-refractivity contribution is 6.32. The van der Waals surface area contributed by atoms with Gasteiger partial charge in [0.2, 0.25) is 47.5 Å². The Morgan fingerprint density at radius 3 is 1.89 bits per heavy atom. The molecule has 28 N–H and O–H groups in total. The number of fused-ring (bicyclic) bond motifs is 15. The Morgan fingerprint density at radius 1 is 0.669 bits per heavy atom. The van der Waals surface area contributed by atoms with Crippen molar-refractivity contribution in [3.05, 3.63) is 117 Å². The molecule has 8 aliphatic heterocycles. The molecule has 11 bridgehead atoms. The van der Waals surface area contributed by atoms with Crippen LogP contribution in [0.2, 0.25) is 10.0 Å². The number of amides is 6. The predicted octanol–water partition coefficient (Wildman–Crippen LogP) is -3.65. The molecule has 6 amide bonds. The molecule has 8 aliphatic rings. The number of aliphatic hydroxyl groups is 14. The van der Waals surface area contributed by atoms with Gasteiger partial charge in [-0.15, -0.1) is 0 Å². The Labute approximate surface area is 735 Å². The average molecular weight is 1830 g/mol. The minimum atomic E-state index is -2.32. The number of hydrogen-bond acceptors (Lipinski definition) is 36. The second-order valence-electron chi connectivity index (χ2n) is 32.9. The van der Waals surface area contributed by atoms with Crippen LogP contribution in [0.4, 0.5) is 0 Å². The molecular formula is C83H107Cl2N9O33. The van der Waals surface area contributed by atoms with Crippen LogP contribution >= 0.6 is 23.2 Å². The summed E-state index contributed by atoms with van der Waals surface area (Å²) in [5.74, 6) is -18.5. The van der Waals surface area contributed by atoms with Gasteiger partial charge < -0.3 is 173 Å². The van der Waals surface area contributed by atoms with Crippen molar-refractivity contribution in [2.45, 2.75) is 224 Å². The van der Waals surface area contributed by atoms with Gasteiger partial charge in [-0.3, -0.25) is 38.4 Å². The number of carbonyl (C=O) groups excluding carboxylic acids is 8. The van der Waals surface area contributed by atoms with Crippen LogP contribution in [0.15, 0.2) is 78.9 Å². The molecule has 0 saturated carbocycles. The lowest BCUT2D eigenvalue weighted by Crippen LogP contribution is -2.64. The summed E-state index contributed by atoms with van der Waals surface area (Å²) < 4.78 is 49.5. The minimum Gasteiger partial charge on any atom is -0.508 e. The highest BCUT2D eigenvalue weighted by Gasteiger charge is 2.53. The summed E-state index contributed by atoms with van der Waals surface area (Å²) in [7, 11) is 1.48. The van der Waals surface area contributed by atoms with Gasteiger partial charge in [0.15, 0.2) is 41.7 Å². The predicted molar refractivity (Wildman–Crippen MR) is 439 cm³/mol. The summed E-state index contributed by atoms with van der Waals surface area (Å²) in [6.07, 6.45) is -38.1. The average Bonchev–Trinajstić information content (AvgIpc) is 0.764. The Bertz CT molecular complexity index is 4810. The van der Waals surface area contributed by atoms with Gasteiger partial charge in [0.05, 0.1) is 66.1 Å². The summed E-state index contributed by atoms with van der Waals surface area (Å²) in [6.45, 7) is 2.69. The number of hydrogen-bond donors (Lipinski definition) is 26. The van der Waals surface area contributed by atoms with Gasteiger partial charge in [-0.05, 0) is 129 Å². The monoisotopic (exact) mass is 1830 g/mol. The van der Waals surface area contributed by atoms with Gasteiger partial charge in [-0.25, -0.2) is 0 Å². The lowest BCUT2D eigenvalue weighted by Gasteiger charge is -2.47. The first-order valence-electron chi connectivity index (χ1n) is 40.8. The third kappa shape index (κ3) is 22.4. The van der Waals surface area contributed by atoms with Crippen LogP contribution in [-0.2, 0) is 62.0 Å².